The molecule has 72 valence electrons. The maximum atomic E-state index is 2.45. The van der Waals surface area contributed by atoms with Crippen molar-refractivity contribution >= 4 is 0 Å². The Hall–Kier alpha value is 0. The minimum absolute atomic E-state index is 0.966. The van der Waals surface area contributed by atoms with Gasteiger partial charge in [0.1, 0.15) is 0 Å². The molecular formula is C12H24. The van der Waals surface area contributed by atoms with Crippen LogP contribution in [-0.4, -0.2) is 0 Å². The standard InChI is InChI=1S/C12H24/c1-5-11-7-9(3)10(4)12(6-2)8-11/h9-12H,5-8H2,1-4H3. The van der Waals surface area contributed by atoms with Gasteiger partial charge in [-0.3, -0.25) is 0 Å². The van der Waals surface area contributed by atoms with Crippen molar-refractivity contribution in [2.45, 2.75) is 53.4 Å². The molecular weight excluding hydrogens is 144 g/mol. The molecule has 1 fully saturated rings. The molecule has 0 heteroatoms. The van der Waals surface area contributed by atoms with Crippen LogP contribution in [0.3, 0.4) is 0 Å². The van der Waals surface area contributed by atoms with Crippen molar-refractivity contribution in [3.05, 3.63) is 0 Å². The SMILES string of the molecule is CCC1CC(C)C(C)C(CC)C1. The maximum Gasteiger partial charge on any atom is -0.0386 e. The second-order valence-corrected chi connectivity index (χ2v) is 4.75. The van der Waals surface area contributed by atoms with Gasteiger partial charge in [-0.15, -0.1) is 0 Å². The number of hydrogen-bond donors (Lipinski definition) is 0. The molecule has 0 aromatic carbocycles. The van der Waals surface area contributed by atoms with Crippen LogP contribution >= 0.6 is 0 Å². The summed E-state index contributed by atoms with van der Waals surface area (Å²) >= 11 is 0. The second-order valence-electron chi connectivity index (χ2n) is 4.75. The van der Waals surface area contributed by atoms with Crippen LogP contribution in [0, 0.1) is 23.7 Å². The van der Waals surface area contributed by atoms with Crippen LogP contribution in [0.4, 0.5) is 0 Å². The first-order chi connectivity index (χ1) is 5.69. The van der Waals surface area contributed by atoms with E-state index in [0.717, 1.165) is 23.7 Å². The van der Waals surface area contributed by atoms with Gasteiger partial charge >= 0.3 is 0 Å². The zero-order valence-electron chi connectivity index (χ0n) is 9.14. The molecule has 0 radical (unpaired) electrons. The number of rotatable bonds is 2. The zero-order chi connectivity index (χ0) is 9.14. The molecule has 0 bridgehead atoms. The summed E-state index contributed by atoms with van der Waals surface area (Å²) in [6.07, 6.45) is 5.77. The van der Waals surface area contributed by atoms with Crippen molar-refractivity contribution < 1.29 is 0 Å². The number of hydrogen-bond acceptors (Lipinski definition) is 0. The molecule has 1 aliphatic rings. The summed E-state index contributed by atoms with van der Waals surface area (Å²) in [5.41, 5.74) is 0. The Balaban J connectivity index is 2.52. The van der Waals surface area contributed by atoms with Crippen LogP contribution in [0.15, 0.2) is 0 Å². The van der Waals surface area contributed by atoms with E-state index < -0.39 is 0 Å². The Labute approximate surface area is 77.7 Å². The van der Waals surface area contributed by atoms with Gasteiger partial charge < -0.3 is 0 Å². The first-order valence-electron chi connectivity index (χ1n) is 5.69. The third-order valence-electron chi connectivity index (χ3n) is 4.08. The van der Waals surface area contributed by atoms with E-state index in [4.69, 9.17) is 0 Å². The lowest BCUT2D eigenvalue weighted by Crippen LogP contribution is -2.28. The fraction of sp³-hybridized carbons (Fsp3) is 1.00. The van der Waals surface area contributed by atoms with Crippen LogP contribution in [0.1, 0.15) is 53.4 Å². The van der Waals surface area contributed by atoms with E-state index in [1.165, 1.54) is 25.7 Å². The van der Waals surface area contributed by atoms with Gasteiger partial charge in [0, 0.05) is 0 Å². The smallest absolute Gasteiger partial charge is 0.0386 e. The Morgan fingerprint density at radius 2 is 1.67 bits per heavy atom. The summed E-state index contributed by atoms with van der Waals surface area (Å²) in [6, 6.07) is 0. The maximum absolute atomic E-state index is 2.45. The predicted octanol–water partition coefficient (Wildman–Crippen LogP) is 4.10. The molecule has 1 aliphatic carbocycles. The van der Waals surface area contributed by atoms with E-state index in [-0.39, 0.29) is 0 Å². The van der Waals surface area contributed by atoms with Crippen molar-refractivity contribution in [2.24, 2.45) is 23.7 Å². The van der Waals surface area contributed by atoms with Crippen molar-refractivity contribution in [2.75, 3.05) is 0 Å². The van der Waals surface area contributed by atoms with Crippen LogP contribution in [0.5, 0.6) is 0 Å². The summed E-state index contributed by atoms with van der Waals surface area (Å²) in [5, 5.41) is 0. The van der Waals surface area contributed by atoms with E-state index >= 15 is 0 Å². The van der Waals surface area contributed by atoms with Crippen molar-refractivity contribution in [3.8, 4) is 0 Å². The van der Waals surface area contributed by atoms with E-state index in [0.29, 0.717) is 0 Å². The highest BCUT2D eigenvalue weighted by molar-refractivity contribution is 4.80. The van der Waals surface area contributed by atoms with Crippen molar-refractivity contribution in [3.63, 3.8) is 0 Å². The Morgan fingerprint density at radius 1 is 1.00 bits per heavy atom. The topological polar surface area (TPSA) is 0 Å². The molecule has 1 saturated carbocycles. The van der Waals surface area contributed by atoms with E-state index in [2.05, 4.69) is 27.7 Å². The van der Waals surface area contributed by atoms with Gasteiger partial charge in [-0.25, -0.2) is 0 Å². The van der Waals surface area contributed by atoms with Crippen LogP contribution < -0.4 is 0 Å². The molecule has 0 nitrogen and oxygen atoms in total. The van der Waals surface area contributed by atoms with Gasteiger partial charge in [0.2, 0.25) is 0 Å². The Kier molecular flexibility index (Phi) is 3.61. The highest BCUT2D eigenvalue weighted by Gasteiger charge is 2.30. The monoisotopic (exact) mass is 168 g/mol. The highest BCUT2D eigenvalue weighted by atomic mass is 14.4. The minimum atomic E-state index is 0.966. The van der Waals surface area contributed by atoms with Crippen LogP contribution in [-0.2, 0) is 0 Å². The third kappa shape index (κ3) is 2.02. The molecule has 0 aliphatic heterocycles. The molecule has 0 aromatic rings. The summed E-state index contributed by atoms with van der Waals surface area (Å²) in [4.78, 5) is 0. The average molecular weight is 168 g/mol. The molecule has 12 heavy (non-hydrogen) atoms. The fourth-order valence-corrected chi connectivity index (χ4v) is 2.82. The molecule has 0 saturated heterocycles. The molecule has 0 heterocycles. The van der Waals surface area contributed by atoms with Crippen LogP contribution in [0.2, 0.25) is 0 Å². The molecule has 4 atom stereocenters. The van der Waals surface area contributed by atoms with E-state index in [1.807, 2.05) is 0 Å². The Morgan fingerprint density at radius 3 is 2.17 bits per heavy atom. The minimum Gasteiger partial charge on any atom is -0.0651 e. The largest absolute Gasteiger partial charge is 0.0651 e. The molecule has 1 rings (SSSR count). The predicted molar refractivity (Wildman–Crippen MR) is 55.1 cm³/mol. The zero-order valence-corrected chi connectivity index (χ0v) is 9.14. The molecule has 0 spiro atoms. The lowest BCUT2D eigenvalue weighted by Gasteiger charge is -2.38. The van der Waals surface area contributed by atoms with E-state index in [1.54, 1.807) is 0 Å². The summed E-state index contributed by atoms with van der Waals surface area (Å²) < 4.78 is 0. The molecule has 0 N–H and O–H groups in total. The van der Waals surface area contributed by atoms with Gasteiger partial charge in [0.15, 0.2) is 0 Å². The first-order valence-corrected chi connectivity index (χ1v) is 5.69. The quantitative estimate of drug-likeness (QED) is 0.582. The molecule has 0 aromatic heterocycles. The lowest BCUT2D eigenvalue weighted by molar-refractivity contribution is 0.123. The van der Waals surface area contributed by atoms with Gasteiger partial charge in [0.25, 0.3) is 0 Å². The van der Waals surface area contributed by atoms with Crippen LogP contribution in [0.25, 0.3) is 0 Å². The fourth-order valence-electron chi connectivity index (χ4n) is 2.82. The second kappa shape index (κ2) is 4.30. The normalized spacial score (nSPS) is 43.0. The van der Waals surface area contributed by atoms with Gasteiger partial charge in [-0.2, -0.15) is 0 Å². The molecule has 4 unspecified atom stereocenters. The first kappa shape index (κ1) is 10.1. The lowest BCUT2D eigenvalue weighted by atomic mass is 9.68. The summed E-state index contributed by atoms with van der Waals surface area (Å²) in [5.74, 6) is 3.98. The van der Waals surface area contributed by atoms with Gasteiger partial charge in [-0.05, 0) is 36.5 Å². The molecule has 0 amide bonds. The van der Waals surface area contributed by atoms with Gasteiger partial charge in [0.05, 0.1) is 0 Å². The third-order valence-corrected chi connectivity index (χ3v) is 4.08. The van der Waals surface area contributed by atoms with Crippen molar-refractivity contribution in [1.29, 1.82) is 0 Å². The summed E-state index contributed by atoms with van der Waals surface area (Å²) in [6.45, 7) is 9.59. The average Bonchev–Trinajstić information content (AvgIpc) is 2.09. The van der Waals surface area contributed by atoms with Gasteiger partial charge in [-0.1, -0.05) is 40.5 Å². The summed E-state index contributed by atoms with van der Waals surface area (Å²) in [7, 11) is 0. The van der Waals surface area contributed by atoms with E-state index in [9.17, 15) is 0 Å². The van der Waals surface area contributed by atoms with Crippen molar-refractivity contribution in [1.82, 2.24) is 0 Å². The highest BCUT2D eigenvalue weighted by Crippen LogP contribution is 2.40. The Bertz CT molecular complexity index is 128.